The Bertz CT molecular complexity index is 701. The van der Waals surface area contributed by atoms with E-state index in [1.54, 1.807) is 10.9 Å². The van der Waals surface area contributed by atoms with Crippen molar-refractivity contribution in [2.75, 3.05) is 19.6 Å². The highest BCUT2D eigenvalue weighted by Gasteiger charge is 2.37. The Hall–Kier alpha value is -1.85. The molecule has 0 spiro atoms. The van der Waals surface area contributed by atoms with Crippen LogP contribution < -0.4 is 5.32 Å². The average Bonchev–Trinajstić information content (AvgIpc) is 3.02. The van der Waals surface area contributed by atoms with Crippen LogP contribution in [-0.4, -0.2) is 46.3 Å². The molecule has 4 rings (SSSR count). The summed E-state index contributed by atoms with van der Waals surface area (Å²) in [6.45, 7) is 4.79. The summed E-state index contributed by atoms with van der Waals surface area (Å²) >= 11 is 0. The maximum absolute atomic E-state index is 13.0. The molecule has 23 heavy (non-hydrogen) atoms. The molecule has 1 amide bonds. The molecule has 1 aromatic heterocycles. The minimum atomic E-state index is 0. The van der Waals surface area contributed by atoms with Crippen LogP contribution >= 0.6 is 12.4 Å². The molecule has 6 heteroatoms. The first-order chi connectivity index (χ1) is 10.7. The van der Waals surface area contributed by atoms with E-state index in [1.165, 1.54) is 0 Å². The number of aryl methyl sites for hydroxylation is 1. The lowest BCUT2D eigenvalue weighted by atomic mass is 9.84. The number of carbonyl (C=O) groups is 1. The van der Waals surface area contributed by atoms with Gasteiger partial charge in [-0.1, -0.05) is 11.6 Å². The van der Waals surface area contributed by atoms with Crippen LogP contribution in [0.2, 0.25) is 0 Å². The summed E-state index contributed by atoms with van der Waals surface area (Å²) in [6.07, 6.45) is 4.71. The number of benzene rings is 1. The molecule has 0 saturated carbocycles. The van der Waals surface area contributed by atoms with E-state index in [9.17, 15) is 4.79 Å². The van der Waals surface area contributed by atoms with Gasteiger partial charge in [-0.25, -0.2) is 4.68 Å². The number of nitrogens with one attached hydrogen (secondary N) is 1. The Kier molecular flexibility index (Phi) is 4.41. The van der Waals surface area contributed by atoms with E-state index in [-0.39, 0.29) is 18.3 Å². The fourth-order valence-electron chi connectivity index (χ4n) is 3.41. The van der Waals surface area contributed by atoms with E-state index in [0.717, 1.165) is 48.8 Å². The molecule has 5 nitrogen and oxygen atoms in total. The standard InChI is InChI=1S/C17H20N4O.ClH/c1-12-3-4-16(21-7-2-6-19-21)14(9-12)17(22)20-8-5-13-10-18-15(13)11-20;/h2-4,6-7,9,13,15,18H,5,8,10-11H2,1H3;1H/t13-,15-;/m0./s1. The van der Waals surface area contributed by atoms with Crippen molar-refractivity contribution in [2.45, 2.75) is 19.4 Å². The number of halogens is 1. The molecule has 3 heterocycles. The molecule has 1 N–H and O–H groups in total. The van der Waals surface area contributed by atoms with Crippen LogP contribution in [0.5, 0.6) is 0 Å². The number of nitrogens with zero attached hydrogens (tertiary/aromatic N) is 3. The predicted octanol–water partition coefficient (Wildman–Crippen LogP) is 2.04. The van der Waals surface area contributed by atoms with Crippen molar-refractivity contribution in [2.24, 2.45) is 5.92 Å². The summed E-state index contributed by atoms with van der Waals surface area (Å²) in [7, 11) is 0. The monoisotopic (exact) mass is 332 g/mol. The highest BCUT2D eigenvalue weighted by molar-refractivity contribution is 5.98. The van der Waals surface area contributed by atoms with Gasteiger partial charge in [-0.15, -0.1) is 12.4 Å². The Morgan fingerprint density at radius 3 is 2.91 bits per heavy atom. The largest absolute Gasteiger partial charge is 0.337 e. The number of hydrogen-bond donors (Lipinski definition) is 1. The van der Waals surface area contributed by atoms with Gasteiger partial charge in [-0.3, -0.25) is 4.79 Å². The zero-order valence-corrected chi connectivity index (χ0v) is 13.9. The number of fused-ring (bicyclic) bond motifs is 1. The number of likely N-dealkylation sites (tertiary alicyclic amines) is 1. The van der Waals surface area contributed by atoms with Crippen LogP contribution in [0.25, 0.3) is 5.69 Å². The summed E-state index contributed by atoms with van der Waals surface area (Å²) in [6, 6.07) is 8.32. The van der Waals surface area contributed by atoms with Crippen LogP contribution in [0.15, 0.2) is 36.7 Å². The third kappa shape index (κ3) is 2.86. The van der Waals surface area contributed by atoms with Gasteiger partial charge in [0.1, 0.15) is 0 Å². The topological polar surface area (TPSA) is 50.2 Å². The number of carbonyl (C=O) groups excluding carboxylic acids is 1. The third-order valence-corrected chi connectivity index (χ3v) is 4.82. The van der Waals surface area contributed by atoms with Crippen molar-refractivity contribution < 1.29 is 4.79 Å². The average molecular weight is 333 g/mol. The molecule has 0 aliphatic carbocycles. The number of aromatic nitrogens is 2. The molecule has 0 bridgehead atoms. The Balaban J connectivity index is 0.00000156. The van der Waals surface area contributed by atoms with E-state index in [4.69, 9.17) is 0 Å². The van der Waals surface area contributed by atoms with Gasteiger partial charge in [0.2, 0.25) is 0 Å². The Morgan fingerprint density at radius 1 is 1.39 bits per heavy atom. The van der Waals surface area contributed by atoms with Gasteiger partial charge in [0, 0.05) is 31.5 Å². The van der Waals surface area contributed by atoms with Gasteiger partial charge in [0.05, 0.1) is 11.3 Å². The van der Waals surface area contributed by atoms with Gasteiger partial charge in [-0.05, 0) is 44.0 Å². The zero-order valence-electron chi connectivity index (χ0n) is 13.1. The molecule has 1 aromatic carbocycles. The first-order valence-corrected chi connectivity index (χ1v) is 7.86. The van der Waals surface area contributed by atoms with Crippen molar-refractivity contribution >= 4 is 18.3 Å². The normalized spacial score (nSPS) is 22.7. The van der Waals surface area contributed by atoms with E-state index in [0.29, 0.717) is 6.04 Å². The maximum atomic E-state index is 13.0. The van der Waals surface area contributed by atoms with Gasteiger partial charge < -0.3 is 10.2 Å². The zero-order chi connectivity index (χ0) is 15.1. The SMILES string of the molecule is Cc1ccc(-n2cccn2)c(C(=O)N2CC[C@H]3CN[C@H]3C2)c1.Cl. The molecular weight excluding hydrogens is 312 g/mol. The third-order valence-electron chi connectivity index (χ3n) is 4.82. The van der Waals surface area contributed by atoms with E-state index >= 15 is 0 Å². The van der Waals surface area contributed by atoms with Crippen LogP contribution in [0.1, 0.15) is 22.3 Å². The quantitative estimate of drug-likeness (QED) is 0.915. The molecule has 2 atom stereocenters. The summed E-state index contributed by atoms with van der Waals surface area (Å²) < 4.78 is 1.76. The molecule has 2 aliphatic heterocycles. The van der Waals surface area contributed by atoms with E-state index in [2.05, 4.69) is 10.4 Å². The molecule has 2 saturated heterocycles. The molecule has 2 aromatic rings. The highest BCUT2D eigenvalue weighted by atomic mass is 35.5. The lowest BCUT2D eigenvalue weighted by Crippen LogP contribution is -2.62. The van der Waals surface area contributed by atoms with Crippen molar-refractivity contribution in [1.82, 2.24) is 20.0 Å². The molecule has 0 radical (unpaired) electrons. The lowest BCUT2D eigenvalue weighted by Gasteiger charge is -2.46. The Labute approximate surface area is 142 Å². The smallest absolute Gasteiger partial charge is 0.256 e. The van der Waals surface area contributed by atoms with Crippen molar-refractivity contribution in [3.05, 3.63) is 47.8 Å². The van der Waals surface area contributed by atoms with Crippen LogP contribution in [0.3, 0.4) is 0 Å². The number of piperidine rings is 1. The van der Waals surface area contributed by atoms with Crippen molar-refractivity contribution in [1.29, 1.82) is 0 Å². The van der Waals surface area contributed by atoms with Gasteiger partial charge in [0.25, 0.3) is 5.91 Å². The molecule has 2 fully saturated rings. The second-order valence-corrected chi connectivity index (χ2v) is 6.29. The predicted molar refractivity (Wildman–Crippen MR) is 91.4 cm³/mol. The Morgan fingerprint density at radius 2 is 2.26 bits per heavy atom. The lowest BCUT2D eigenvalue weighted by molar-refractivity contribution is 0.0518. The minimum absolute atomic E-state index is 0. The van der Waals surface area contributed by atoms with Crippen molar-refractivity contribution in [3.8, 4) is 5.69 Å². The van der Waals surface area contributed by atoms with E-state index in [1.807, 2.05) is 42.3 Å². The minimum Gasteiger partial charge on any atom is -0.337 e. The molecule has 0 unspecified atom stereocenters. The maximum Gasteiger partial charge on any atom is 0.256 e. The second kappa shape index (κ2) is 6.34. The first kappa shape index (κ1) is 16.0. The molecular formula is C17H21ClN4O. The highest BCUT2D eigenvalue weighted by Crippen LogP contribution is 2.26. The summed E-state index contributed by atoms with van der Waals surface area (Å²) in [5.41, 5.74) is 2.68. The van der Waals surface area contributed by atoms with Gasteiger partial charge in [0.15, 0.2) is 0 Å². The van der Waals surface area contributed by atoms with Crippen molar-refractivity contribution in [3.63, 3.8) is 0 Å². The van der Waals surface area contributed by atoms with Gasteiger partial charge in [-0.2, -0.15) is 5.10 Å². The summed E-state index contributed by atoms with van der Waals surface area (Å²) in [5, 5.41) is 7.70. The molecule has 122 valence electrons. The summed E-state index contributed by atoms with van der Waals surface area (Å²) in [4.78, 5) is 15.0. The molecule has 2 aliphatic rings. The number of rotatable bonds is 2. The van der Waals surface area contributed by atoms with Crippen LogP contribution in [0.4, 0.5) is 0 Å². The van der Waals surface area contributed by atoms with Crippen LogP contribution in [0, 0.1) is 12.8 Å². The van der Waals surface area contributed by atoms with Crippen LogP contribution in [-0.2, 0) is 0 Å². The number of hydrogen-bond acceptors (Lipinski definition) is 3. The first-order valence-electron chi connectivity index (χ1n) is 7.86. The fourth-order valence-corrected chi connectivity index (χ4v) is 3.41. The van der Waals surface area contributed by atoms with E-state index < -0.39 is 0 Å². The second-order valence-electron chi connectivity index (χ2n) is 6.29. The fraction of sp³-hybridized carbons (Fsp3) is 0.412. The number of amides is 1. The summed E-state index contributed by atoms with van der Waals surface area (Å²) in [5.74, 6) is 0.869. The van der Waals surface area contributed by atoms with Gasteiger partial charge >= 0.3 is 0 Å².